The molecule has 0 saturated carbocycles. The Morgan fingerprint density at radius 2 is 2.23 bits per heavy atom. The first-order valence-corrected chi connectivity index (χ1v) is 5.16. The van der Waals surface area contributed by atoms with Crippen LogP contribution in [0.4, 0.5) is 4.39 Å². The quantitative estimate of drug-likeness (QED) is 0.438. The summed E-state index contributed by atoms with van der Waals surface area (Å²) in [6.45, 7) is 0. The second kappa shape index (κ2) is 4.36. The van der Waals surface area contributed by atoms with E-state index in [1.54, 1.807) is 22.6 Å². The third-order valence-electron chi connectivity index (χ3n) is 1.40. The fourth-order valence-corrected chi connectivity index (χ4v) is 1.78. The molecule has 0 aliphatic carbocycles. The lowest BCUT2D eigenvalue weighted by atomic mass is 10.2. The smallest absolute Gasteiger partial charge is 0.339 e. The predicted octanol–water partition coefficient (Wildman–Crippen LogP) is 2.98. The van der Waals surface area contributed by atoms with Crippen molar-refractivity contribution in [1.29, 1.82) is 0 Å². The Morgan fingerprint density at radius 3 is 2.77 bits per heavy atom. The summed E-state index contributed by atoms with van der Waals surface area (Å²) in [6, 6.07) is 2.82. The summed E-state index contributed by atoms with van der Waals surface area (Å²) in [5, 5.41) is 0. The molecule has 1 aromatic carbocycles. The first-order chi connectivity index (χ1) is 6.06. The molecule has 0 aliphatic rings. The minimum atomic E-state index is -0.537. The lowest BCUT2D eigenvalue weighted by Gasteiger charge is -2.03. The molecule has 0 unspecified atom stereocenters. The van der Waals surface area contributed by atoms with Gasteiger partial charge in [0.05, 0.1) is 16.2 Å². The normalized spacial score (nSPS) is 9.85. The fourth-order valence-electron chi connectivity index (χ4n) is 0.814. The minimum absolute atomic E-state index is 0.231. The van der Waals surface area contributed by atoms with Crippen LogP contribution in [0.5, 0.6) is 0 Å². The van der Waals surface area contributed by atoms with Crippen LogP contribution in [0, 0.1) is 9.39 Å². The van der Waals surface area contributed by atoms with Crippen LogP contribution in [0.25, 0.3) is 0 Å². The molecule has 0 aliphatic heterocycles. The molecule has 0 saturated heterocycles. The van der Waals surface area contributed by atoms with Crippen molar-refractivity contribution in [1.82, 2.24) is 0 Å². The molecule has 0 atom stereocenters. The van der Waals surface area contributed by atoms with E-state index in [1.807, 2.05) is 0 Å². The molecule has 13 heavy (non-hydrogen) atoms. The van der Waals surface area contributed by atoms with Gasteiger partial charge in [-0.05, 0) is 34.7 Å². The van der Waals surface area contributed by atoms with Crippen LogP contribution in [-0.4, -0.2) is 13.1 Å². The van der Waals surface area contributed by atoms with Crippen LogP contribution < -0.4 is 0 Å². The van der Waals surface area contributed by atoms with Crippen molar-refractivity contribution < 1.29 is 13.9 Å². The molecule has 2 nitrogen and oxygen atoms in total. The molecule has 0 aromatic heterocycles. The number of methoxy groups -OCH3 is 1. The summed E-state index contributed by atoms with van der Waals surface area (Å²) in [5.41, 5.74) is 0.231. The highest BCUT2D eigenvalue weighted by atomic mass is 127. The Bertz CT molecular complexity index is 354. The van der Waals surface area contributed by atoms with Crippen molar-refractivity contribution in [3.8, 4) is 0 Å². The number of hydrogen-bond acceptors (Lipinski definition) is 2. The highest BCUT2D eigenvalue weighted by Crippen LogP contribution is 2.22. The fraction of sp³-hybridized carbons (Fsp3) is 0.125. The molecule has 0 amide bonds. The molecule has 1 aromatic rings. The van der Waals surface area contributed by atoms with Crippen LogP contribution in [0.3, 0.4) is 0 Å². The van der Waals surface area contributed by atoms with Crippen LogP contribution in [0.2, 0.25) is 0 Å². The largest absolute Gasteiger partial charge is 0.465 e. The van der Waals surface area contributed by atoms with Crippen molar-refractivity contribution in [2.24, 2.45) is 0 Å². The van der Waals surface area contributed by atoms with Crippen molar-refractivity contribution in [3.63, 3.8) is 0 Å². The van der Waals surface area contributed by atoms with Gasteiger partial charge in [-0.3, -0.25) is 0 Å². The summed E-state index contributed by atoms with van der Waals surface area (Å²) in [6.07, 6.45) is 0. The number of benzene rings is 1. The molecule has 0 N–H and O–H groups in total. The average molecular weight is 359 g/mol. The molecule has 1 rings (SSSR count). The second-order valence-electron chi connectivity index (χ2n) is 2.24. The molecular formula is C8H5BrFIO2. The topological polar surface area (TPSA) is 26.3 Å². The minimum Gasteiger partial charge on any atom is -0.465 e. The van der Waals surface area contributed by atoms with Gasteiger partial charge < -0.3 is 4.74 Å². The summed E-state index contributed by atoms with van der Waals surface area (Å²) in [7, 11) is 1.26. The van der Waals surface area contributed by atoms with E-state index < -0.39 is 11.8 Å². The van der Waals surface area contributed by atoms with Gasteiger partial charge in [0.15, 0.2) is 0 Å². The monoisotopic (exact) mass is 358 g/mol. The maximum Gasteiger partial charge on any atom is 0.339 e. The van der Waals surface area contributed by atoms with Gasteiger partial charge in [-0.15, -0.1) is 0 Å². The van der Waals surface area contributed by atoms with Gasteiger partial charge in [0.25, 0.3) is 0 Å². The van der Waals surface area contributed by atoms with Gasteiger partial charge in [0.1, 0.15) is 5.82 Å². The zero-order valence-corrected chi connectivity index (χ0v) is 10.3. The summed E-state index contributed by atoms with van der Waals surface area (Å²) in [5.74, 6) is -0.972. The average Bonchev–Trinajstić information content (AvgIpc) is 2.10. The Labute approximate surface area is 96.7 Å². The maximum atomic E-state index is 13.1. The zero-order valence-electron chi connectivity index (χ0n) is 6.61. The Balaban J connectivity index is 3.28. The van der Waals surface area contributed by atoms with E-state index in [1.165, 1.54) is 19.2 Å². The Morgan fingerprint density at radius 1 is 1.62 bits per heavy atom. The molecule has 0 bridgehead atoms. The summed E-state index contributed by atoms with van der Waals surface area (Å²) in [4.78, 5) is 11.1. The number of carbonyl (C=O) groups excluding carboxylic acids is 1. The molecule has 0 fully saturated rings. The molecule has 5 heteroatoms. The van der Waals surface area contributed by atoms with E-state index in [0.29, 0.717) is 4.47 Å². The van der Waals surface area contributed by atoms with Crippen molar-refractivity contribution in [2.75, 3.05) is 7.11 Å². The highest BCUT2D eigenvalue weighted by molar-refractivity contribution is 14.1. The van der Waals surface area contributed by atoms with Gasteiger partial charge in [-0.2, -0.15) is 0 Å². The first kappa shape index (κ1) is 10.9. The van der Waals surface area contributed by atoms with Crippen molar-refractivity contribution in [2.45, 2.75) is 0 Å². The van der Waals surface area contributed by atoms with Crippen LogP contribution >= 0.6 is 38.5 Å². The maximum absolute atomic E-state index is 13.1. The van der Waals surface area contributed by atoms with E-state index in [-0.39, 0.29) is 9.13 Å². The lowest BCUT2D eigenvalue weighted by molar-refractivity contribution is 0.0598. The lowest BCUT2D eigenvalue weighted by Crippen LogP contribution is -2.05. The van der Waals surface area contributed by atoms with Crippen LogP contribution in [0.15, 0.2) is 16.6 Å². The first-order valence-electron chi connectivity index (χ1n) is 3.29. The summed E-state index contributed by atoms with van der Waals surface area (Å²) < 4.78 is 18.4. The Kier molecular flexibility index (Phi) is 3.66. The molecule has 0 spiro atoms. The van der Waals surface area contributed by atoms with Crippen molar-refractivity contribution >= 4 is 44.5 Å². The van der Waals surface area contributed by atoms with E-state index in [4.69, 9.17) is 0 Å². The van der Waals surface area contributed by atoms with E-state index >= 15 is 0 Å². The number of halogens is 3. The number of ether oxygens (including phenoxy) is 1. The Hall–Kier alpha value is -0.170. The van der Waals surface area contributed by atoms with Crippen LogP contribution in [-0.2, 0) is 4.74 Å². The molecular weight excluding hydrogens is 354 g/mol. The molecule has 70 valence electrons. The second-order valence-corrected chi connectivity index (χ2v) is 4.24. The van der Waals surface area contributed by atoms with Gasteiger partial charge in [0, 0.05) is 4.47 Å². The standard InChI is InChI=1S/C8H5BrFIO2/c1-13-8(12)5-2-4(9)3-6(10)7(5)11/h2-3H,1H3. The zero-order chi connectivity index (χ0) is 10.0. The molecule has 0 heterocycles. The van der Waals surface area contributed by atoms with E-state index in [0.717, 1.165) is 0 Å². The number of carbonyl (C=O) groups is 1. The number of esters is 1. The molecule has 0 radical (unpaired) electrons. The number of hydrogen-bond donors (Lipinski definition) is 0. The van der Waals surface area contributed by atoms with E-state index in [9.17, 15) is 9.18 Å². The SMILES string of the molecule is COC(=O)c1cc(Br)cc(F)c1I. The van der Waals surface area contributed by atoms with Crippen molar-refractivity contribution in [3.05, 3.63) is 31.6 Å². The van der Waals surface area contributed by atoms with Gasteiger partial charge in [-0.1, -0.05) is 15.9 Å². The number of rotatable bonds is 1. The van der Waals surface area contributed by atoms with Crippen LogP contribution in [0.1, 0.15) is 10.4 Å². The van der Waals surface area contributed by atoms with Gasteiger partial charge in [-0.25, -0.2) is 9.18 Å². The highest BCUT2D eigenvalue weighted by Gasteiger charge is 2.14. The predicted molar refractivity (Wildman–Crippen MR) is 58.2 cm³/mol. The summed E-state index contributed by atoms with van der Waals surface area (Å²) >= 11 is 4.86. The third kappa shape index (κ3) is 2.40. The van der Waals surface area contributed by atoms with Gasteiger partial charge >= 0.3 is 5.97 Å². The van der Waals surface area contributed by atoms with E-state index in [2.05, 4.69) is 20.7 Å². The van der Waals surface area contributed by atoms with Gasteiger partial charge in [0.2, 0.25) is 0 Å². The third-order valence-corrected chi connectivity index (χ3v) is 2.95.